The first-order valence-corrected chi connectivity index (χ1v) is 6.36. The molecule has 1 rings (SSSR count). The highest BCUT2D eigenvalue weighted by atomic mass is 127. The third-order valence-corrected chi connectivity index (χ3v) is 2.83. The zero-order valence-corrected chi connectivity index (χ0v) is 11.1. The lowest BCUT2D eigenvalue weighted by atomic mass is 10.2. The fraction of sp³-hybridized carbons (Fsp3) is 0.500. The number of hydrogen-bond acceptors (Lipinski definition) is 1. The Balaban J connectivity index is 2.75. The van der Waals surface area contributed by atoms with Crippen LogP contribution in [0.5, 0.6) is 0 Å². The molecule has 0 aromatic heterocycles. The number of rotatable bonds is 5. The summed E-state index contributed by atoms with van der Waals surface area (Å²) in [5, 5.41) is 0. The van der Waals surface area contributed by atoms with Gasteiger partial charge in [0.1, 0.15) is 0 Å². The summed E-state index contributed by atoms with van der Waals surface area (Å²) < 4.78 is 1.32. The molecular weight excluding hydrogens is 285 g/mol. The second-order valence-electron chi connectivity index (χ2n) is 3.47. The SMILES string of the molecule is CCCN(CCC)c1cccc(I)c1. The molecule has 0 unspecified atom stereocenters. The Hall–Kier alpha value is -0.250. The van der Waals surface area contributed by atoms with Crippen LogP contribution in [0, 0.1) is 3.57 Å². The van der Waals surface area contributed by atoms with Crippen LogP contribution in [0.3, 0.4) is 0 Å². The average Bonchev–Trinajstić information content (AvgIpc) is 2.17. The Morgan fingerprint density at radius 2 is 1.79 bits per heavy atom. The van der Waals surface area contributed by atoms with Gasteiger partial charge in [-0.15, -0.1) is 0 Å². The second kappa shape index (κ2) is 6.27. The molecule has 0 N–H and O–H groups in total. The maximum Gasteiger partial charge on any atom is 0.0376 e. The van der Waals surface area contributed by atoms with Crippen molar-refractivity contribution in [2.24, 2.45) is 0 Å². The third-order valence-electron chi connectivity index (χ3n) is 2.16. The van der Waals surface area contributed by atoms with E-state index in [4.69, 9.17) is 0 Å². The highest BCUT2D eigenvalue weighted by Crippen LogP contribution is 2.17. The highest BCUT2D eigenvalue weighted by molar-refractivity contribution is 14.1. The van der Waals surface area contributed by atoms with Crippen molar-refractivity contribution >= 4 is 28.3 Å². The molecule has 0 spiro atoms. The van der Waals surface area contributed by atoms with Crippen molar-refractivity contribution in [1.82, 2.24) is 0 Å². The molecule has 14 heavy (non-hydrogen) atoms. The van der Waals surface area contributed by atoms with E-state index < -0.39 is 0 Å². The van der Waals surface area contributed by atoms with Crippen molar-refractivity contribution in [1.29, 1.82) is 0 Å². The molecule has 0 heterocycles. The Labute approximate surface area is 101 Å². The first-order valence-electron chi connectivity index (χ1n) is 5.28. The van der Waals surface area contributed by atoms with Gasteiger partial charge in [0.15, 0.2) is 0 Å². The van der Waals surface area contributed by atoms with Gasteiger partial charge in [0.05, 0.1) is 0 Å². The molecule has 0 fully saturated rings. The summed E-state index contributed by atoms with van der Waals surface area (Å²) in [4.78, 5) is 2.46. The molecule has 0 atom stereocenters. The van der Waals surface area contributed by atoms with E-state index in [9.17, 15) is 0 Å². The molecule has 0 amide bonds. The number of hydrogen-bond donors (Lipinski definition) is 0. The Kier molecular flexibility index (Phi) is 5.30. The van der Waals surface area contributed by atoms with Crippen LogP contribution in [-0.4, -0.2) is 13.1 Å². The van der Waals surface area contributed by atoms with Crippen molar-refractivity contribution < 1.29 is 0 Å². The van der Waals surface area contributed by atoms with Gasteiger partial charge in [-0.1, -0.05) is 19.9 Å². The zero-order valence-electron chi connectivity index (χ0n) is 8.96. The quantitative estimate of drug-likeness (QED) is 0.745. The molecule has 0 saturated heterocycles. The highest BCUT2D eigenvalue weighted by Gasteiger charge is 2.03. The van der Waals surface area contributed by atoms with E-state index in [0.717, 1.165) is 13.1 Å². The lowest BCUT2D eigenvalue weighted by molar-refractivity contribution is 0.745. The summed E-state index contributed by atoms with van der Waals surface area (Å²) in [7, 11) is 0. The van der Waals surface area contributed by atoms with E-state index in [1.807, 2.05) is 0 Å². The molecule has 0 radical (unpaired) electrons. The van der Waals surface area contributed by atoms with Crippen LogP contribution >= 0.6 is 22.6 Å². The van der Waals surface area contributed by atoms with Gasteiger partial charge in [-0.2, -0.15) is 0 Å². The molecule has 1 nitrogen and oxygen atoms in total. The summed E-state index contributed by atoms with van der Waals surface area (Å²) in [6, 6.07) is 8.73. The van der Waals surface area contributed by atoms with Gasteiger partial charge in [0.2, 0.25) is 0 Å². The summed E-state index contributed by atoms with van der Waals surface area (Å²) in [5.41, 5.74) is 1.36. The standard InChI is InChI=1S/C12H18IN/c1-3-8-14(9-4-2)12-7-5-6-11(13)10-12/h5-7,10H,3-4,8-9H2,1-2H3. The summed E-state index contributed by atoms with van der Waals surface area (Å²) in [5.74, 6) is 0. The minimum Gasteiger partial charge on any atom is -0.372 e. The Bertz CT molecular complexity index is 267. The first kappa shape index (κ1) is 11.8. The molecule has 1 aromatic carbocycles. The van der Waals surface area contributed by atoms with Crippen LogP contribution in [0.25, 0.3) is 0 Å². The minimum atomic E-state index is 1.16. The van der Waals surface area contributed by atoms with Gasteiger partial charge in [-0.3, -0.25) is 0 Å². The van der Waals surface area contributed by atoms with Crippen LogP contribution in [-0.2, 0) is 0 Å². The van der Waals surface area contributed by atoms with Crippen LogP contribution in [0.2, 0.25) is 0 Å². The predicted molar refractivity (Wildman–Crippen MR) is 72.0 cm³/mol. The third kappa shape index (κ3) is 3.48. The normalized spacial score (nSPS) is 10.2. The number of halogens is 1. The maximum absolute atomic E-state index is 2.46. The van der Waals surface area contributed by atoms with Crippen molar-refractivity contribution in [2.75, 3.05) is 18.0 Å². The molecule has 0 aliphatic carbocycles. The van der Waals surface area contributed by atoms with Crippen LogP contribution in [0.1, 0.15) is 26.7 Å². The predicted octanol–water partition coefficient (Wildman–Crippen LogP) is 3.92. The van der Waals surface area contributed by atoms with E-state index in [-0.39, 0.29) is 0 Å². The van der Waals surface area contributed by atoms with E-state index in [0.29, 0.717) is 0 Å². The summed E-state index contributed by atoms with van der Waals surface area (Å²) in [6.45, 7) is 6.79. The van der Waals surface area contributed by atoms with Crippen LogP contribution < -0.4 is 4.90 Å². The second-order valence-corrected chi connectivity index (χ2v) is 4.71. The molecule has 0 aliphatic rings. The summed E-state index contributed by atoms with van der Waals surface area (Å²) >= 11 is 2.37. The topological polar surface area (TPSA) is 3.24 Å². The minimum absolute atomic E-state index is 1.16. The summed E-state index contributed by atoms with van der Waals surface area (Å²) in [6.07, 6.45) is 2.43. The molecular formula is C12H18IN. The first-order chi connectivity index (χ1) is 6.77. The lowest BCUT2D eigenvalue weighted by Gasteiger charge is -2.23. The zero-order chi connectivity index (χ0) is 10.4. The van der Waals surface area contributed by atoms with Crippen molar-refractivity contribution in [3.05, 3.63) is 27.8 Å². The molecule has 2 heteroatoms. The lowest BCUT2D eigenvalue weighted by Crippen LogP contribution is -2.24. The van der Waals surface area contributed by atoms with Crippen LogP contribution in [0.4, 0.5) is 5.69 Å². The maximum atomic E-state index is 2.46. The van der Waals surface area contributed by atoms with Crippen molar-refractivity contribution in [3.63, 3.8) is 0 Å². The van der Waals surface area contributed by atoms with Gasteiger partial charge in [0.25, 0.3) is 0 Å². The van der Waals surface area contributed by atoms with Gasteiger partial charge in [-0.25, -0.2) is 0 Å². The molecule has 0 aliphatic heterocycles. The number of anilines is 1. The monoisotopic (exact) mass is 303 g/mol. The number of benzene rings is 1. The van der Waals surface area contributed by atoms with Crippen molar-refractivity contribution in [3.8, 4) is 0 Å². The smallest absolute Gasteiger partial charge is 0.0376 e. The van der Waals surface area contributed by atoms with Gasteiger partial charge in [-0.05, 0) is 53.6 Å². The number of nitrogens with zero attached hydrogens (tertiary/aromatic N) is 1. The van der Waals surface area contributed by atoms with Crippen LogP contribution in [0.15, 0.2) is 24.3 Å². The molecule has 0 saturated carbocycles. The Morgan fingerprint density at radius 1 is 1.14 bits per heavy atom. The van der Waals surface area contributed by atoms with Gasteiger partial charge < -0.3 is 4.90 Å². The molecule has 1 aromatic rings. The molecule has 78 valence electrons. The fourth-order valence-electron chi connectivity index (χ4n) is 1.58. The van der Waals surface area contributed by atoms with E-state index >= 15 is 0 Å². The van der Waals surface area contributed by atoms with E-state index in [1.54, 1.807) is 0 Å². The molecule has 0 bridgehead atoms. The van der Waals surface area contributed by atoms with Crippen molar-refractivity contribution in [2.45, 2.75) is 26.7 Å². The van der Waals surface area contributed by atoms with Gasteiger partial charge >= 0.3 is 0 Å². The van der Waals surface area contributed by atoms with E-state index in [2.05, 4.69) is 65.6 Å². The Morgan fingerprint density at radius 3 is 2.29 bits per heavy atom. The fourth-order valence-corrected chi connectivity index (χ4v) is 2.11. The average molecular weight is 303 g/mol. The largest absolute Gasteiger partial charge is 0.372 e. The van der Waals surface area contributed by atoms with Gasteiger partial charge in [0, 0.05) is 22.3 Å². The van der Waals surface area contributed by atoms with E-state index in [1.165, 1.54) is 22.1 Å².